The fourth-order valence-electron chi connectivity index (χ4n) is 3.63. The van der Waals surface area contributed by atoms with Crippen LogP contribution in [0.15, 0.2) is 81.2 Å². The summed E-state index contributed by atoms with van der Waals surface area (Å²) in [6.07, 6.45) is 4.79. The fourth-order valence-corrected chi connectivity index (χ4v) is 4.87. The van der Waals surface area contributed by atoms with Gasteiger partial charge in [-0.1, -0.05) is 42.2 Å². The number of ether oxygens (including phenoxy) is 1. The van der Waals surface area contributed by atoms with Crippen LogP contribution in [0.2, 0.25) is 0 Å². The number of hydrogen-bond donors (Lipinski definition) is 1. The number of nitrogens with one attached hydrogen (secondary N) is 1. The van der Waals surface area contributed by atoms with Crippen molar-refractivity contribution in [3.63, 3.8) is 0 Å². The molecule has 3 aromatic heterocycles. The first kappa shape index (κ1) is 22.9. The first-order chi connectivity index (χ1) is 17.0. The molecule has 0 unspecified atom stereocenters. The summed E-state index contributed by atoms with van der Waals surface area (Å²) in [7, 11) is 1.60. The van der Waals surface area contributed by atoms with Gasteiger partial charge in [-0.25, -0.2) is 4.98 Å². The minimum Gasteiger partial charge on any atom is -0.497 e. The van der Waals surface area contributed by atoms with Gasteiger partial charge in [0.15, 0.2) is 0 Å². The summed E-state index contributed by atoms with van der Waals surface area (Å²) >= 11 is 6.65. The molecule has 0 saturated carbocycles. The Balaban J connectivity index is 1.48. The smallest absolute Gasteiger partial charge is 0.267 e. The number of nitrogens with zero attached hydrogens (tertiary/aromatic N) is 3. The number of thiocarbonyl (C=S) groups is 1. The highest BCUT2D eigenvalue weighted by molar-refractivity contribution is 8.26. The van der Waals surface area contributed by atoms with E-state index in [-0.39, 0.29) is 17.0 Å². The number of carbonyl (C=O) groups is 1. The van der Waals surface area contributed by atoms with Crippen LogP contribution < -0.4 is 15.6 Å². The molecule has 0 radical (unpaired) electrons. The molecule has 5 rings (SSSR count). The van der Waals surface area contributed by atoms with Gasteiger partial charge in [0.2, 0.25) is 0 Å². The Bertz CT molecular complexity index is 1490. The van der Waals surface area contributed by atoms with Gasteiger partial charge in [-0.3, -0.25) is 18.9 Å². The summed E-state index contributed by atoms with van der Waals surface area (Å²) in [5.41, 5.74) is 1.38. The molecule has 0 atom stereocenters. The Morgan fingerprint density at radius 2 is 1.97 bits per heavy atom. The van der Waals surface area contributed by atoms with E-state index in [0.29, 0.717) is 39.5 Å². The number of hydrogen-bond acceptors (Lipinski definition) is 8. The molecule has 1 N–H and O–H groups in total. The van der Waals surface area contributed by atoms with Gasteiger partial charge in [0, 0.05) is 6.20 Å². The summed E-state index contributed by atoms with van der Waals surface area (Å²) in [5.74, 6) is 1.53. The summed E-state index contributed by atoms with van der Waals surface area (Å²) in [5, 5.41) is 3.17. The summed E-state index contributed by atoms with van der Waals surface area (Å²) in [4.78, 5) is 33.1. The van der Waals surface area contributed by atoms with Crippen molar-refractivity contribution in [1.82, 2.24) is 14.3 Å². The molecular weight excluding hydrogens is 484 g/mol. The predicted molar refractivity (Wildman–Crippen MR) is 139 cm³/mol. The summed E-state index contributed by atoms with van der Waals surface area (Å²) < 4.78 is 12.4. The lowest BCUT2D eigenvalue weighted by molar-refractivity contribution is -0.122. The second-order valence-corrected chi connectivity index (χ2v) is 9.33. The molecule has 176 valence electrons. The van der Waals surface area contributed by atoms with Gasteiger partial charge in [-0.2, -0.15) is 0 Å². The Hall–Kier alpha value is -3.89. The molecular formula is C25H20N4O4S2. The number of methoxy groups -OCH3 is 1. The van der Waals surface area contributed by atoms with Crippen LogP contribution in [0, 0.1) is 0 Å². The molecule has 0 spiro atoms. The van der Waals surface area contributed by atoms with E-state index >= 15 is 0 Å². The van der Waals surface area contributed by atoms with E-state index in [2.05, 4.69) is 10.3 Å². The zero-order chi connectivity index (χ0) is 24.4. The Labute approximate surface area is 210 Å². The average Bonchev–Trinajstić information content (AvgIpc) is 3.49. The van der Waals surface area contributed by atoms with Crippen molar-refractivity contribution in [2.24, 2.45) is 0 Å². The second-order valence-electron chi connectivity index (χ2n) is 7.66. The van der Waals surface area contributed by atoms with Gasteiger partial charge >= 0.3 is 0 Å². The van der Waals surface area contributed by atoms with Crippen molar-refractivity contribution in [1.29, 1.82) is 0 Å². The van der Waals surface area contributed by atoms with Crippen molar-refractivity contribution in [2.75, 3.05) is 12.4 Å². The maximum Gasteiger partial charge on any atom is 0.267 e. The zero-order valence-electron chi connectivity index (χ0n) is 18.6. The highest BCUT2D eigenvalue weighted by Crippen LogP contribution is 2.34. The minimum atomic E-state index is -0.294. The number of furan rings is 1. The number of anilines is 1. The van der Waals surface area contributed by atoms with E-state index in [4.69, 9.17) is 21.4 Å². The SMILES string of the molecule is COc1ccc(CN2C(=O)/C(=C/c3c(NCc4ccco4)nc4ccccn4c3=O)SC2=S)cc1. The molecule has 35 heavy (non-hydrogen) atoms. The van der Waals surface area contributed by atoms with Gasteiger partial charge < -0.3 is 14.5 Å². The second kappa shape index (κ2) is 9.77. The number of aromatic nitrogens is 2. The van der Waals surface area contributed by atoms with Gasteiger partial charge in [0.1, 0.15) is 27.3 Å². The molecule has 1 aromatic carbocycles. The van der Waals surface area contributed by atoms with Crippen molar-refractivity contribution < 1.29 is 13.9 Å². The van der Waals surface area contributed by atoms with Crippen LogP contribution in [0.4, 0.5) is 5.82 Å². The first-order valence-corrected chi connectivity index (χ1v) is 11.9. The van der Waals surface area contributed by atoms with E-state index in [1.807, 2.05) is 36.4 Å². The number of thioether (sulfide) groups is 1. The lowest BCUT2D eigenvalue weighted by Gasteiger charge is -2.14. The molecule has 1 saturated heterocycles. The van der Waals surface area contributed by atoms with Crippen molar-refractivity contribution in [3.05, 3.63) is 99.2 Å². The third-order valence-electron chi connectivity index (χ3n) is 5.43. The van der Waals surface area contributed by atoms with Crippen LogP contribution in [-0.4, -0.2) is 31.6 Å². The van der Waals surface area contributed by atoms with Crippen LogP contribution in [0.5, 0.6) is 5.75 Å². The summed E-state index contributed by atoms with van der Waals surface area (Å²) in [6, 6.07) is 16.4. The normalized spacial score (nSPS) is 14.8. The van der Waals surface area contributed by atoms with Crippen LogP contribution in [-0.2, 0) is 17.9 Å². The third kappa shape index (κ3) is 4.71. The van der Waals surface area contributed by atoms with Crippen LogP contribution >= 0.6 is 24.0 Å². The molecule has 1 aliphatic rings. The van der Waals surface area contributed by atoms with Gasteiger partial charge in [0.05, 0.1) is 36.9 Å². The summed E-state index contributed by atoms with van der Waals surface area (Å²) in [6.45, 7) is 0.659. The van der Waals surface area contributed by atoms with Crippen LogP contribution in [0.3, 0.4) is 0 Å². The molecule has 4 heterocycles. The number of carbonyl (C=O) groups excluding carboxylic acids is 1. The highest BCUT2D eigenvalue weighted by atomic mass is 32.2. The minimum absolute atomic E-state index is 0.259. The molecule has 1 amide bonds. The Kier molecular flexibility index (Phi) is 6.39. The van der Waals surface area contributed by atoms with E-state index in [0.717, 1.165) is 23.1 Å². The van der Waals surface area contributed by atoms with Gasteiger partial charge in [-0.05, 0) is 48.0 Å². The molecule has 4 aromatic rings. The lowest BCUT2D eigenvalue weighted by atomic mass is 10.2. The maximum absolute atomic E-state index is 13.4. The Morgan fingerprint density at radius 1 is 1.14 bits per heavy atom. The molecule has 1 aliphatic heterocycles. The molecule has 0 aliphatic carbocycles. The zero-order valence-corrected chi connectivity index (χ0v) is 20.3. The van der Waals surface area contributed by atoms with Crippen molar-refractivity contribution in [3.8, 4) is 5.75 Å². The molecule has 10 heteroatoms. The largest absolute Gasteiger partial charge is 0.497 e. The number of fused-ring (bicyclic) bond motifs is 1. The molecule has 0 bridgehead atoms. The average molecular weight is 505 g/mol. The van der Waals surface area contributed by atoms with E-state index in [1.165, 1.54) is 9.30 Å². The first-order valence-electron chi connectivity index (χ1n) is 10.7. The number of rotatable bonds is 7. The van der Waals surface area contributed by atoms with E-state index < -0.39 is 0 Å². The van der Waals surface area contributed by atoms with E-state index in [9.17, 15) is 9.59 Å². The monoisotopic (exact) mass is 504 g/mol. The van der Waals surface area contributed by atoms with Gasteiger partial charge in [0.25, 0.3) is 11.5 Å². The van der Waals surface area contributed by atoms with E-state index in [1.54, 1.807) is 43.8 Å². The number of benzene rings is 1. The predicted octanol–water partition coefficient (Wildman–Crippen LogP) is 4.31. The standard InChI is InChI=1S/C25H20N4O4S2/c1-32-17-9-7-16(8-10-17)15-29-24(31)20(35-25(29)34)13-19-22(26-14-18-5-4-12-33-18)27-21-6-2-3-11-28(21)23(19)30/h2-13,26H,14-15H2,1H3/b20-13-. The van der Waals surface area contributed by atoms with Gasteiger partial charge in [-0.15, -0.1) is 0 Å². The molecule has 1 fully saturated rings. The third-order valence-corrected chi connectivity index (χ3v) is 6.81. The van der Waals surface area contributed by atoms with Crippen LogP contribution in [0.25, 0.3) is 11.7 Å². The highest BCUT2D eigenvalue weighted by Gasteiger charge is 2.32. The topological polar surface area (TPSA) is 89.1 Å². The molecule has 8 nitrogen and oxygen atoms in total. The fraction of sp³-hybridized carbons (Fsp3) is 0.120. The number of pyridine rings is 1. The van der Waals surface area contributed by atoms with Crippen molar-refractivity contribution in [2.45, 2.75) is 13.1 Å². The van der Waals surface area contributed by atoms with Crippen molar-refractivity contribution >= 4 is 51.7 Å². The Morgan fingerprint density at radius 3 is 2.71 bits per heavy atom. The quantitative estimate of drug-likeness (QED) is 0.294. The maximum atomic E-state index is 13.4. The van der Waals surface area contributed by atoms with Crippen LogP contribution in [0.1, 0.15) is 16.9 Å². The lowest BCUT2D eigenvalue weighted by Crippen LogP contribution is -2.27. The number of amides is 1.